The van der Waals surface area contributed by atoms with E-state index in [9.17, 15) is 13.2 Å². The molecule has 2 aliphatic rings. The zero-order valence-electron chi connectivity index (χ0n) is 17.7. The molecule has 0 unspecified atom stereocenters. The summed E-state index contributed by atoms with van der Waals surface area (Å²) in [6.07, 6.45) is 6.05. The Morgan fingerprint density at radius 2 is 2.03 bits per heavy atom. The molecule has 0 aliphatic carbocycles. The van der Waals surface area contributed by atoms with E-state index in [1.165, 1.54) is 16.4 Å². The van der Waals surface area contributed by atoms with E-state index in [4.69, 9.17) is 11.6 Å². The molecule has 1 N–H and O–H groups in total. The Labute approximate surface area is 188 Å². The van der Waals surface area contributed by atoms with Gasteiger partial charge in [-0.05, 0) is 49.8 Å². The standard InChI is InChI=1S/C21H28ClN5O3S/c1-15-6-5-10-26(14-15)31(29,30)18-12-16(8-9-17(18)22)21(28)23-13-20-25-24-19-7-3-2-4-11-27(19)20/h8-9,12,15H,2-7,10-11,13-14H2,1H3,(H,23,28)/t15-/m1/s1. The lowest BCUT2D eigenvalue weighted by atomic mass is 10.0. The highest BCUT2D eigenvalue weighted by molar-refractivity contribution is 7.89. The zero-order valence-corrected chi connectivity index (χ0v) is 19.3. The van der Waals surface area contributed by atoms with Crippen molar-refractivity contribution in [2.75, 3.05) is 13.1 Å². The molecule has 0 saturated carbocycles. The molecule has 168 valence electrons. The van der Waals surface area contributed by atoms with Crippen molar-refractivity contribution in [2.45, 2.75) is 63.4 Å². The average Bonchev–Trinajstić information content (AvgIpc) is 2.98. The summed E-state index contributed by atoms with van der Waals surface area (Å²) in [6.45, 7) is 4.06. The van der Waals surface area contributed by atoms with Crippen LogP contribution in [0.15, 0.2) is 23.1 Å². The molecule has 0 bridgehead atoms. The third-order valence-corrected chi connectivity index (χ3v) is 8.37. The van der Waals surface area contributed by atoms with Crippen LogP contribution < -0.4 is 5.32 Å². The number of fused-ring (bicyclic) bond motifs is 1. The van der Waals surface area contributed by atoms with Gasteiger partial charge in [0, 0.05) is 31.6 Å². The second-order valence-corrected chi connectivity index (χ2v) is 10.7. The Morgan fingerprint density at radius 1 is 1.19 bits per heavy atom. The first-order chi connectivity index (χ1) is 14.9. The predicted molar refractivity (Wildman–Crippen MR) is 117 cm³/mol. The van der Waals surface area contributed by atoms with Crippen LogP contribution in [0.3, 0.4) is 0 Å². The maximum absolute atomic E-state index is 13.2. The van der Waals surface area contributed by atoms with E-state index in [1.54, 1.807) is 6.07 Å². The summed E-state index contributed by atoms with van der Waals surface area (Å²) in [5, 5.41) is 11.4. The van der Waals surface area contributed by atoms with Gasteiger partial charge in [0.25, 0.3) is 5.91 Å². The molecule has 1 aromatic heterocycles. The Bertz CT molecular complexity index is 1070. The number of benzene rings is 1. The molecule has 1 aromatic carbocycles. The fourth-order valence-corrected chi connectivity index (χ4v) is 6.38. The minimum absolute atomic E-state index is 0.0211. The van der Waals surface area contributed by atoms with Crippen molar-refractivity contribution >= 4 is 27.5 Å². The molecule has 2 aromatic rings. The monoisotopic (exact) mass is 465 g/mol. The summed E-state index contributed by atoms with van der Waals surface area (Å²) in [4.78, 5) is 12.8. The van der Waals surface area contributed by atoms with Crippen LogP contribution in [-0.2, 0) is 29.5 Å². The molecule has 2 aliphatic heterocycles. The highest BCUT2D eigenvalue weighted by Crippen LogP contribution is 2.29. The number of aromatic nitrogens is 3. The van der Waals surface area contributed by atoms with Crippen LogP contribution in [-0.4, -0.2) is 46.5 Å². The highest BCUT2D eigenvalue weighted by Gasteiger charge is 2.31. The van der Waals surface area contributed by atoms with Gasteiger partial charge in [-0.3, -0.25) is 4.79 Å². The van der Waals surface area contributed by atoms with Crippen molar-refractivity contribution < 1.29 is 13.2 Å². The van der Waals surface area contributed by atoms with Gasteiger partial charge in [-0.2, -0.15) is 4.31 Å². The number of hydrogen-bond acceptors (Lipinski definition) is 5. The number of amides is 1. The number of rotatable bonds is 5. The van der Waals surface area contributed by atoms with Gasteiger partial charge in [0.15, 0.2) is 5.82 Å². The van der Waals surface area contributed by atoms with E-state index in [0.717, 1.165) is 56.7 Å². The Kier molecular flexibility index (Phi) is 6.64. The molecule has 31 heavy (non-hydrogen) atoms. The van der Waals surface area contributed by atoms with E-state index in [0.29, 0.717) is 19.0 Å². The second kappa shape index (κ2) is 9.26. The van der Waals surface area contributed by atoms with Gasteiger partial charge < -0.3 is 9.88 Å². The molecular formula is C21H28ClN5O3S. The second-order valence-electron chi connectivity index (χ2n) is 8.43. The smallest absolute Gasteiger partial charge is 0.251 e. The molecule has 1 amide bonds. The fraction of sp³-hybridized carbons (Fsp3) is 0.571. The normalized spacial score (nSPS) is 20.1. The van der Waals surface area contributed by atoms with Gasteiger partial charge >= 0.3 is 0 Å². The first-order valence-corrected chi connectivity index (χ1v) is 12.7. The van der Waals surface area contributed by atoms with E-state index in [1.807, 2.05) is 6.92 Å². The number of carbonyl (C=O) groups excluding carboxylic acids is 1. The molecule has 8 nitrogen and oxygen atoms in total. The lowest BCUT2D eigenvalue weighted by Crippen LogP contribution is -2.39. The largest absolute Gasteiger partial charge is 0.345 e. The third kappa shape index (κ3) is 4.78. The van der Waals surface area contributed by atoms with E-state index in [2.05, 4.69) is 20.1 Å². The van der Waals surface area contributed by atoms with E-state index >= 15 is 0 Å². The molecule has 0 spiro atoms. The average molecular weight is 466 g/mol. The quantitative estimate of drug-likeness (QED) is 0.732. The Balaban J connectivity index is 1.50. The molecule has 1 atom stereocenters. The number of aryl methyl sites for hydroxylation is 1. The summed E-state index contributed by atoms with van der Waals surface area (Å²) in [5.74, 6) is 1.60. The van der Waals surface area contributed by atoms with Crippen LogP contribution in [0.4, 0.5) is 0 Å². The highest BCUT2D eigenvalue weighted by atomic mass is 35.5. The first kappa shape index (κ1) is 22.2. The maximum Gasteiger partial charge on any atom is 0.251 e. The topological polar surface area (TPSA) is 97.2 Å². The van der Waals surface area contributed by atoms with Crippen molar-refractivity contribution in [3.63, 3.8) is 0 Å². The van der Waals surface area contributed by atoms with Crippen LogP contribution in [0, 0.1) is 5.92 Å². The van der Waals surface area contributed by atoms with Gasteiger partial charge in [0.05, 0.1) is 11.6 Å². The van der Waals surface area contributed by atoms with Crippen LogP contribution in [0.25, 0.3) is 0 Å². The molecule has 1 saturated heterocycles. The summed E-state index contributed by atoms with van der Waals surface area (Å²) < 4.78 is 29.8. The van der Waals surface area contributed by atoms with Crippen molar-refractivity contribution in [3.05, 3.63) is 40.4 Å². The lowest BCUT2D eigenvalue weighted by Gasteiger charge is -2.30. The number of carbonyl (C=O) groups is 1. The molecule has 3 heterocycles. The number of piperidine rings is 1. The summed E-state index contributed by atoms with van der Waals surface area (Å²) in [7, 11) is -3.76. The van der Waals surface area contributed by atoms with Crippen LogP contribution >= 0.6 is 11.6 Å². The van der Waals surface area contributed by atoms with Gasteiger partial charge in [0.1, 0.15) is 10.7 Å². The predicted octanol–water partition coefficient (Wildman–Crippen LogP) is 3.01. The number of hydrogen-bond donors (Lipinski definition) is 1. The van der Waals surface area contributed by atoms with Crippen molar-refractivity contribution in [1.29, 1.82) is 0 Å². The SMILES string of the molecule is C[C@@H]1CCCN(S(=O)(=O)c2cc(C(=O)NCc3nnc4n3CCCCC4)ccc2Cl)C1. The summed E-state index contributed by atoms with van der Waals surface area (Å²) in [5.41, 5.74) is 0.253. The van der Waals surface area contributed by atoms with Crippen LogP contribution in [0.1, 0.15) is 61.0 Å². The summed E-state index contributed by atoms with van der Waals surface area (Å²) in [6, 6.07) is 4.39. The number of halogens is 1. The zero-order chi connectivity index (χ0) is 22.0. The first-order valence-electron chi connectivity index (χ1n) is 10.8. The van der Waals surface area contributed by atoms with Gasteiger partial charge in [-0.25, -0.2) is 8.42 Å². The minimum atomic E-state index is -3.76. The van der Waals surface area contributed by atoms with E-state index in [-0.39, 0.29) is 27.9 Å². The number of nitrogens with one attached hydrogen (secondary N) is 1. The maximum atomic E-state index is 13.2. The number of nitrogens with zero attached hydrogens (tertiary/aromatic N) is 4. The Hall–Kier alpha value is -1.97. The summed E-state index contributed by atoms with van der Waals surface area (Å²) >= 11 is 6.24. The van der Waals surface area contributed by atoms with Crippen molar-refractivity contribution in [3.8, 4) is 0 Å². The number of sulfonamides is 1. The van der Waals surface area contributed by atoms with E-state index < -0.39 is 10.0 Å². The van der Waals surface area contributed by atoms with Crippen molar-refractivity contribution in [2.24, 2.45) is 5.92 Å². The van der Waals surface area contributed by atoms with Gasteiger partial charge in [-0.1, -0.05) is 24.9 Å². The molecule has 1 fully saturated rings. The minimum Gasteiger partial charge on any atom is -0.345 e. The Morgan fingerprint density at radius 3 is 2.84 bits per heavy atom. The molecule has 0 radical (unpaired) electrons. The third-order valence-electron chi connectivity index (χ3n) is 6.02. The van der Waals surface area contributed by atoms with Crippen molar-refractivity contribution in [1.82, 2.24) is 24.4 Å². The van der Waals surface area contributed by atoms with Crippen LogP contribution in [0.5, 0.6) is 0 Å². The molecular weight excluding hydrogens is 438 g/mol. The van der Waals surface area contributed by atoms with Gasteiger partial charge in [-0.15, -0.1) is 10.2 Å². The molecule has 4 rings (SSSR count). The fourth-order valence-electron chi connectivity index (χ4n) is 4.28. The lowest BCUT2D eigenvalue weighted by molar-refractivity contribution is 0.0949. The van der Waals surface area contributed by atoms with Crippen LogP contribution in [0.2, 0.25) is 5.02 Å². The molecule has 10 heteroatoms. The van der Waals surface area contributed by atoms with Gasteiger partial charge in [0.2, 0.25) is 10.0 Å².